The average Bonchev–Trinajstić information content (AvgIpc) is 2.84. The average molecular weight is 248 g/mol. The van der Waals surface area contributed by atoms with Crippen LogP contribution in [-0.2, 0) is 16.0 Å². The lowest BCUT2D eigenvalue weighted by molar-refractivity contribution is -0.106. The molecule has 1 aliphatic heterocycles. The number of morpholine rings is 1. The first-order chi connectivity index (χ1) is 8.88. The number of hydrogen-bond donors (Lipinski definition) is 0. The molecule has 2 heterocycles. The molecule has 3 rings (SSSR count). The van der Waals surface area contributed by atoms with Crippen LogP contribution in [0.25, 0.3) is 0 Å². The molecule has 3 atom stereocenters. The molecule has 1 saturated heterocycles. The molecule has 98 valence electrons. The summed E-state index contributed by atoms with van der Waals surface area (Å²) in [5, 5.41) is 0. The first-order valence-electron chi connectivity index (χ1n) is 6.66. The summed E-state index contributed by atoms with van der Waals surface area (Å²) in [6, 6.07) is 4.69. The highest BCUT2D eigenvalue weighted by Crippen LogP contribution is 2.32. The number of rotatable bonds is 3. The number of methoxy groups -OCH3 is 1. The SMILES string of the molecule is CO[C@@H]1CC[C@H]2[C@H]1OCCN2Cc1ccncc1. The third-order valence-electron chi connectivity index (χ3n) is 4.09. The molecular weight excluding hydrogens is 228 g/mol. The van der Waals surface area contributed by atoms with Crippen LogP contribution >= 0.6 is 0 Å². The second kappa shape index (κ2) is 5.34. The van der Waals surface area contributed by atoms with Crippen LogP contribution in [-0.4, -0.2) is 48.4 Å². The molecule has 0 radical (unpaired) electrons. The van der Waals surface area contributed by atoms with E-state index >= 15 is 0 Å². The number of hydrogen-bond acceptors (Lipinski definition) is 4. The summed E-state index contributed by atoms with van der Waals surface area (Å²) in [5.74, 6) is 0. The van der Waals surface area contributed by atoms with Crippen LogP contribution < -0.4 is 0 Å². The van der Waals surface area contributed by atoms with Crippen molar-refractivity contribution >= 4 is 0 Å². The van der Waals surface area contributed by atoms with Crippen molar-refractivity contribution in [1.82, 2.24) is 9.88 Å². The Hall–Kier alpha value is -0.970. The maximum absolute atomic E-state index is 5.89. The first kappa shape index (κ1) is 12.1. The topological polar surface area (TPSA) is 34.6 Å². The van der Waals surface area contributed by atoms with Crippen LogP contribution in [0.3, 0.4) is 0 Å². The largest absolute Gasteiger partial charge is 0.379 e. The quantitative estimate of drug-likeness (QED) is 0.811. The molecule has 4 heteroatoms. The molecule has 1 saturated carbocycles. The number of nitrogens with zero attached hydrogens (tertiary/aromatic N) is 2. The molecule has 2 aliphatic rings. The smallest absolute Gasteiger partial charge is 0.0991 e. The fourth-order valence-corrected chi connectivity index (χ4v) is 3.16. The summed E-state index contributed by atoms with van der Waals surface area (Å²) in [4.78, 5) is 6.60. The minimum atomic E-state index is 0.255. The van der Waals surface area contributed by atoms with Gasteiger partial charge in [-0.2, -0.15) is 0 Å². The Labute approximate surface area is 108 Å². The van der Waals surface area contributed by atoms with Gasteiger partial charge < -0.3 is 9.47 Å². The van der Waals surface area contributed by atoms with E-state index in [0.717, 1.165) is 26.1 Å². The molecule has 0 aromatic carbocycles. The Bertz CT molecular complexity index is 385. The van der Waals surface area contributed by atoms with Gasteiger partial charge in [0, 0.05) is 38.6 Å². The summed E-state index contributed by atoms with van der Waals surface area (Å²) in [6.45, 7) is 2.81. The highest BCUT2D eigenvalue weighted by Gasteiger charge is 2.42. The highest BCUT2D eigenvalue weighted by atomic mass is 16.5. The molecule has 2 fully saturated rings. The predicted octanol–water partition coefficient (Wildman–Crippen LogP) is 1.46. The number of pyridine rings is 1. The van der Waals surface area contributed by atoms with E-state index in [1.807, 2.05) is 12.4 Å². The molecule has 0 unspecified atom stereocenters. The van der Waals surface area contributed by atoms with Gasteiger partial charge in [-0.1, -0.05) is 0 Å². The van der Waals surface area contributed by atoms with Gasteiger partial charge in [0.25, 0.3) is 0 Å². The van der Waals surface area contributed by atoms with Crippen molar-refractivity contribution < 1.29 is 9.47 Å². The molecule has 1 aromatic heterocycles. The van der Waals surface area contributed by atoms with Crippen LogP contribution in [0.1, 0.15) is 18.4 Å². The summed E-state index contributed by atoms with van der Waals surface area (Å²) < 4.78 is 11.4. The van der Waals surface area contributed by atoms with E-state index in [4.69, 9.17) is 9.47 Å². The molecule has 0 N–H and O–H groups in total. The van der Waals surface area contributed by atoms with Crippen molar-refractivity contribution in [3.8, 4) is 0 Å². The van der Waals surface area contributed by atoms with Gasteiger partial charge in [-0.3, -0.25) is 9.88 Å². The van der Waals surface area contributed by atoms with Crippen LogP contribution in [0.2, 0.25) is 0 Å². The van der Waals surface area contributed by atoms with Crippen molar-refractivity contribution in [1.29, 1.82) is 0 Å². The molecule has 4 nitrogen and oxygen atoms in total. The van der Waals surface area contributed by atoms with Gasteiger partial charge in [-0.15, -0.1) is 0 Å². The zero-order valence-electron chi connectivity index (χ0n) is 10.8. The Balaban J connectivity index is 1.69. The Morgan fingerprint density at radius 3 is 3.00 bits per heavy atom. The van der Waals surface area contributed by atoms with Crippen LogP contribution in [0.5, 0.6) is 0 Å². The van der Waals surface area contributed by atoms with E-state index in [2.05, 4.69) is 22.0 Å². The standard InChI is InChI=1S/C14H20N2O2/c1-17-13-3-2-12-14(13)18-9-8-16(12)10-11-4-6-15-7-5-11/h4-7,12-14H,2-3,8-10H2,1H3/t12-,13+,14+/m0/s1. The lowest BCUT2D eigenvalue weighted by Gasteiger charge is -2.38. The van der Waals surface area contributed by atoms with Crippen molar-refractivity contribution in [3.05, 3.63) is 30.1 Å². The van der Waals surface area contributed by atoms with E-state index in [9.17, 15) is 0 Å². The molecular formula is C14H20N2O2. The van der Waals surface area contributed by atoms with Crippen molar-refractivity contribution in [2.75, 3.05) is 20.3 Å². The van der Waals surface area contributed by atoms with Gasteiger partial charge in [0.05, 0.1) is 18.8 Å². The summed E-state index contributed by atoms with van der Waals surface area (Å²) >= 11 is 0. The molecule has 1 aliphatic carbocycles. The zero-order valence-corrected chi connectivity index (χ0v) is 10.8. The van der Waals surface area contributed by atoms with Gasteiger partial charge in [-0.25, -0.2) is 0 Å². The predicted molar refractivity (Wildman–Crippen MR) is 68.2 cm³/mol. The first-order valence-corrected chi connectivity index (χ1v) is 6.66. The second-order valence-corrected chi connectivity index (χ2v) is 5.08. The fraction of sp³-hybridized carbons (Fsp3) is 0.643. The lowest BCUT2D eigenvalue weighted by Crippen LogP contribution is -2.51. The third-order valence-corrected chi connectivity index (χ3v) is 4.09. The molecule has 0 amide bonds. The summed E-state index contributed by atoms with van der Waals surface area (Å²) in [7, 11) is 1.79. The van der Waals surface area contributed by atoms with Gasteiger partial charge in [0.15, 0.2) is 0 Å². The van der Waals surface area contributed by atoms with Crippen LogP contribution in [0, 0.1) is 0 Å². The van der Waals surface area contributed by atoms with Gasteiger partial charge in [0.2, 0.25) is 0 Å². The van der Waals surface area contributed by atoms with E-state index in [1.54, 1.807) is 7.11 Å². The molecule has 1 aromatic rings. The highest BCUT2D eigenvalue weighted by molar-refractivity contribution is 5.10. The normalized spacial score (nSPS) is 32.4. The number of aromatic nitrogens is 1. The van der Waals surface area contributed by atoms with Crippen molar-refractivity contribution in [2.24, 2.45) is 0 Å². The van der Waals surface area contributed by atoms with Crippen molar-refractivity contribution in [2.45, 2.75) is 37.6 Å². The van der Waals surface area contributed by atoms with E-state index in [-0.39, 0.29) is 12.2 Å². The monoisotopic (exact) mass is 248 g/mol. The molecule has 18 heavy (non-hydrogen) atoms. The summed E-state index contributed by atoms with van der Waals surface area (Å²) in [5.41, 5.74) is 1.33. The lowest BCUT2D eigenvalue weighted by atomic mass is 10.1. The Morgan fingerprint density at radius 2 is 2.22 bits per heavy atom. The number of ether oxygens (including phenoxy) is 2. The van der Waals surface area contributed by atoms with Crippen LogP contribution in [0.15, 0.2) is 24.5 Å². The zero-order chi connectivity index (χ0) is 12.4. The second-order valence-electron chi connectivity index (χ2n) is 5.08. The Morgan fingerprint density at radius 1 is 1.39 bits per heavy atom. The minimum absolute atomic E-state index is 0.255. The Kier molecular flexibility index (Phi) is 3.59. The van der Waals surface area contributed by atoms with Crippen LogP contribution in [0.4, 0.5) is 0 Å². The maximum Gasteiger partial charge on any atom is 0.0991 e. The van der Waals surface area contributed by atoms with E-state index < -0.39 is 0 Å². The van der Waals surface area contributed by atoms with E-state index in [0.29, 0.717) is 6.04 Å². The minimum Gasteiger partial charge on any atom is -0.379 e. The van der Waals surface area contributed by atoms with Crippen molar-refractivity contribution in [3.63, 3.8) is 0 Å². The molecule has 0 bridgehead atoms. The van der Waals surface area contributed by atoms with E-state index in [1.165, 1.54) is 12.0 Å². The fourth-order valence-electron chi connectivity index (χ4n) is 3.16. The summed E-state index contributed by atoms with van der Waals surface area (Å²) in [6.07, 6.45) is 6.54. The van der Waals surface area contributed by atoms with Gasteiger partial charge in [-0.05, 0) is 30.5 Å². The maximum atomic E-state index is 5.89. The third kappa shape index (κ3) is 2.28. The number of fused-ring (bicyclic) bond motifs is 1. The van der Waals surface area contributed by atoms with Gasteiger partial charge in [0.1, 0.15) is 0 Å². The van der Waals surface area contributed by atoms with Gasteiger partial charge >= 0.3 is 0 Å². The molecule has 0 spiro atoms.